The van der Waals surface area contributed by atoms with Crippen LogP contribution in [0.15, 0.2) is 24.3 Å². The summed E-state index contributed by atoms with van der Waals surface area (Å²) in [6.45, 7) is 3.60. The van der Waals surface area contributed by atoms with Crippen LogP contribution < -0.4 is 10.1 Å². The van der Waals surface area contributed by atoms with Gasteiger partial charge >= 0.3 is 0 Å². The predicted molar refractivity (Wildman–Crippen MR) is 84.8 cm³/mol. The molecule has 5 heteroatoms. The Bertz CT molecular complexity index is 413. The lowest BCUT2D eigenvalue weighted by atomic mass is 9.96. The summed E-state index contributed by atoms with van der Waals surface area (Å²) < 4.78 is 5.34. The second-order valence-electron chi connectivity index (χ2n) is 4.77. The van der Waals surface area contributed by atoms with Crippen molar-refractivity contribution in [3.8, 4) is 5.75 Å². The van der Waals surface area contributed by atoms with E-state index in [0.717, 1.165) is 24.4 Å². The molecule has 1 unspecified atom stereocenters. The van der Waals surface area contributed by atoms with Crippen LogP contribution in [0, 0.1) is 0 Å². The highest BCUT2D eigenvalue weighted by Crippen LogP contribution is 2.28. The van der Waals surface area contributed by atoms with Crippen LogP contribution in [0.3, 0.4) is 0 Å². The van der Waals surface area contributed by atoms with Crippen molar-refractivity contribution in [2.24, 2.45) is 0 Å². The second-order valence-corrected chi connectivity index (χ2v) is 4.77. The predicted octanol–water partition coefficient (Wildman–Crippen LogP) is 2.29. The molecule has 4 nitrogen and oxygen atoms in total. The molecule has 0 heterocycles. The number of halogens is 1. The Morgan fingerprint density at radius 3 is 2.65 bits per heavy atom. The van der Waals surface area contributed by atoms with E-state index in [9.17, 15) is 4.79 Å². The molecule has 1 aromatic carbocycles. The highest BCUT2D eigenvalue weighted by molar-refractivity contribution is 5.85. The number of hydrogen-bond donors (Lipinski definition) is 1. The summed E-state index contributed by atoms with van der Waals surface area (Å²) in [7, 11) is 5.39. The van der Waals surface area contributed by atoms with Crippen molar-refractivity contribution in [3.63, 3.8) is 0 Å². The fourth-order valence-electron chi connectivity index (χ4n) is 2.01. The summed E-state index contributed by atoms with van der Waals surface area (Å²) in [5.74, 6) is 1.16. The van der Waals surface area contributed by atoms with Gasteiger partial charge in [-0.3, -0.25) is 4.79 Å². The van der Waals surface area contributed by atoms with Crippen LogP contribution in [0.1, 0.15) is 24.8 Å². The highest BCUT2D eigenvalue weighted by Gasteiger charge is 2.17. The van der Waals surface area contributed by atoms with Crippen molar-refractivity contribution in [2.45, 2.75) is 19.3 Å². The maximum absolute atomic E-state index is 12.1. The maximum atomic E-state index is 12.1. The molecule has 0 saturated carbocycles. The molecule has 1 rings (SSSR count). The summed E-state index contributed by atoms with van der Waals surface area (Å²) in [6, 6.07) is 7.87. The number of methoxy groups -OCH3 is 1. The van der Waals surface area contributed by atoms with Crippen molar-refractivity contribution in [3.05, 3.63) is 29.8 Å². The van der Waals surface area contributed by atoms with Gasteiger partial charge in [0.15, 0.2) is 0 Å². The number of nitrogens with zero attached hydrogens (tertiary/aromatic N) is 1. The van der Waals surface area contributed by atoms with Crippen LogP contribution in [0.4, 0.5) is 0 Å². The normalized spacial score (nSPS) is 11.4. The molecular formula is C15H25ClN2O2. The minimum Gasteiger partial charge on any atom is -0.496 e. The number of carbonyl (C=O) groups excluding carboxylic acids is 1. The number of amides is 1. The van der Waals surface area contributed by atoms with Gasteiger partial charge in [0.25, 0.3) is 0 Å². The van der Waals surface area contributed by atoms with E-state index in [1.807, 2.05) is 38.4 Å². The molecular weight excluding hydrogens is 276 g/mol. The van der Waals surface area contributed by atoms with Crippen LogP contribution in [-0.4, -0.2) is 45.1 Å². The molecule has 0 aromatic heterocycles. The average molecular weight is 301 g/mol. The monoisotopic (exact) mass is 300 g/mol. The molecule has 0 aliphatic heterocycles. The minimum atomic E-state index is 0. The van der Waals surface area contributed by atoms with E-state index in [4.69, 9.17) is 4.74 Å². The van der Waals surface area contributed by atoms with Gasteiger partial charge in [0.1, 0.15) is 5.75 Å². The zero-order valence-corrected chi connectivity index (χ0v) is 13.5. The highest BCUT2D eigenvalue weighted by atomic mass is 35.5. The van der Waals surface area contributed by atoms with Gasteiger partial charge in [-0.15, -0.1) is 12.4 Å². The number of benzene rings is 1. The molecule has 0 bridgehead atoms. The van der Waals surface area contributed by atoms with E-state index in [-0.39, 0.29) is 24.2 Å². The number of likely N-dealkylation sites (N-methyl/N-ethyl adjacent to an activating group) is 2. The first-order valence-corrected chi connectivity index (χ1v) is 6.61. The lowest BCUT2D eigenvalue weighted by Crippen LogP contribution is -2.33. The van der Waals surface area contributed by atoms with Crippen molar-refractivity contribution in [2.75, 3.05) is 34.3 Å². The van der Waals surface area contributed by atoms with Gasteiger partial charge in [0.05, 0.1) is 7.11 Å². The fraction of sp³-hybridized carbons (Fsp3) is 0.533. The van der Waals surface area contributed by atoms with Crippen molar-refractivity contribution < 1.29 is 9.53 Å². The van der Waals surface area contributed by atoms with Crippen LogP contribution in [-0.2, 0) is 4.79 Å². The Hall–Kier alpha value is -1.26. The largest absolute Gasteiger partial charge is 0.496 e. The summed E-state index contributed by atoms with van der Waals surface area (Å²) >= 11 is 0. The zero-order chi connectivity index (χ0) is 14.3. The third-order valence-electron chi connectivity index (χ3n) is 3.27. The van der Waals surface area contributed by atoms with Gasteiger partial charge in [-0.1, -0.05) is 25.1 Å². The van der Waals surface area contributed by atoms with Gasteiger partial charge in [-0.2, -0.15) is 0 Å². The van der Waals surface area contributed by atoms with Gasteiger partial charge in [0, 0.05) is 26.6 Å². The Kier molecular flexibility index (Phi) is 9.01. The standard InChI is InChI=1S/C15H24N2O2.ClH/c1-12(11-15(18)17(3)10-9-16-2)13-7-5-6-8-14(13)19-4;/h5-8,12,16H,9-11H2,1-4H3;1H. The van der Waals surface area contributed by atoms with Gasteiger partial charge in [-0.25, -0.2) is 0 Å². The number of carbonyl (C=O) groups is 1. The summed E-state index contributed by atoms with van der Waals surface area (Å²) in [5.41, 5.74) is 1.08. The average Bonchev–Trinajstić information content (AvgIpc) is 2.44. The number of para-hydroxylation sites is 1. The van der Waals surface area contributed by atoms with E-state index in [0.29, 0.717) is 6.42 Å². The van der Waals surface area contributed by atoms with Gasteiger partial charge < -0.3 is 15.0 Å². The number of nitrogens with one attached hydrogen (secondary N) is 1. The molecule has 1 aromatic rings. The maximum Gasteiger partial charge on any atom is 0.222 e. The molecule has 0 fully saturated rings. The van der Waals surface area contributed by atoms with Crippen molar-refractivity contribution in [1.29, 1.82) is 0 Å². The van der Waals surface area contributed by atoms with E-state index in [1.165, 1.54) is 0 Å². The first kappa shape index (κ1) is 18.7. The van der Waals surface area contributed by atoms with Gasteiger partial charge in [0.2, 0.25) is 5.91 Å². The zero-order valence-electron chi connectivity index (χ0n) is 12.7. The Morgan fingerprint density at radius 2 is 2.05 bits per heavy atom. The van der Waals surface area contributed by atoms with E-state index in [2.05, 4.69) is 12.2 Å². The van der Waals surface area contributed by atoms with E-state index >= 15 is 0 Å². The molecule has 0 spiro atoms. The smallest absolute Gasteiger partial charge is 0.222 e. The Balaban J connectivity index is 0.00000361. The summed E-state index contributed by atoms with van der Waals surface area (Å²) in [5, 5.41) is 3.04. The third kappa shape index (κ3) is 5.39. The molecule has 20 heavy (non-hydrogen) atoms. The molecule has 0 aliphatic carbocycles. The summed E-state index contributed by atoms with van der Waals surface area (Å²) in [4.78, 5) is 13.9. The van der Waals surface area contributed by atoms with Crippen molar-refractivity contribution in [1.82, 2.24) is 10.2 Å². The van der Waals surface area contributed by atoms with Gasteiger partial charge in [-0.05, 0) is 24.6 Å². The van der Waals surface area contributed by atoms with Crippen LogP contribution in [0.25, 0.3) is 0 Å². The first-order chi connectivity index (χ1) is 9.10. The van der Waals surface area contributed by atoms with E-state index in [1.54, 1.807) is 12.0 Å². The Labute approximate surface area is 127 Å². The number of rotatable bonds is 7. The van der Waals surface area contributed by atoms with Crippen LogP contribution >= 0.6 is 12.4 Å². The number of ether oxygens (including phenoxy) is 1. The van der Waals surface area contributed by atoms with E-state index < -0.39 is 0 Å². The first-order valence-electron chi connectivity index (χ1n) is 6.61. The Morgan fingerprint density at radius 1 is 1.40 bits per heavy atom. The molecule has 114 valence electrons. The lowest BCUT2D eigenvalue weighted by Gasteiger charge is -2.20. The molecule has 1 atom stereocenters. The molecule has 0 radical (unpaired) electrons. The SMILES string of the molecule is CNCCN(C)C(=O)CC(C)c1ccccc1OC.Cl. The number of hydrogen-bond acceptors (Lipinski definition) is 3. The topological polar surface area (TPSA) is 41.6 Å². The lowest BCUT2D eigenvalue weighted by molar-refractivity contribution is -0.130. The van der Waals surface area contributed by atoms with Crippen LogP contribution in [0.5, 0.6) is 5.75 Å². The minimum absolute atomic E-state index is 0. The fourth-order valence-corrected chi connectivity index (χ4v) is 2.01. The molecule has 1 amide bonds. The second kappa shape index (κ2) is 9.61. The van der Waals surface area contributed by atoms with Crippen LogP contribution in [0.2, 0.25) is 0 Å². The molecule has 0 aliphatic rings. The third-order valence-corrected chi connectivity index (χ3v) is 3.27. The molecule has 1 N–H and O–H groups in total. The molecule has 0 saturated heterocycles. The quantitative estimate of drug-likeness (QED) is 0.840. The summed E-state index contributed by atoms with van der Waals surface area (Å²) in [6.07, 6.45) is 0.501. The van der Waals surface area contributed by atoms with Crippen molar-refractivity contribution >= 4 is 18.3 Å².